The molecule has 1 fully saturated rings. The molecule has 2 nitrogen and oxygen atoms in total. The molecule has 2 heteroatoms. The Bertz CT molecular complexity index is 460. The highest BCUT2D eigenvalue weighted by molar-refractivity contribution is 5.36. The standard InChI is InChI=1S/C17H21NO/c1-3-4-17(18-11-13-19-14-12-18)10-9-16-7-5-15(2)6-8-16/h3,5-8,17H,1,4,11-14H2,2H3/p+1. The molecule has 1 atom stereocenters. The maximum absolute atomic E-state index is 5.41. The van der Waals surface area contributed by atoms with Crippen molar-refractivity contribution in [2.24, 2.45) is 0 Å². The Balaban J connectivity index is 2.07. The van der Waals surface area contributed by atoms with E-state index in [1.807, 2.05) is 6.08 Å². The van der Waals surface area contributed by atoms with Crippen LogP contribution in [0, 0.1) is 18.8 Å². The van der Waals surface area contributed by atoms with Gasteiger partial charge in [-0.1, -0.05) is 29.7 Å². The molecule has 1 unspecified atom stereocenters. The third kappa shape index (κ3) is 4.24. The van der Waals surface area contributed by atoms with E-state index in [9.17, 15) is 0 Å². The molecule has 1 heterocycles. The van der Waals surface area contributed by atoms with Gasteiger partial charge >= 0.3 is 0 Å². The number of quaternary nitrogens is 1. The van der Waals surface area contributed by atoms with Crippen molar-refractivity contribution in [1.82, 2.24) is 0 Å². The van der Waals surface area contributed by atoms with Gasteiger partial charge in [-0.25, -0.2) is 0 Å². The van der Waals surface area contributed by atoms with Crippen molar-refractivity contribution in [3.8, 4) is 11.8 Å². The minimum absolute atomic E-state index is 0.336. The molecular formula is C17H22NO+. The van der Waals surface area contributed by atoms with Crippen molar-refractivity contribution in [2.75, 3.05) is 26.3 Å². The fraction of sp³-hybridized carbons (Fsp3) is 0.412. The van der Waals surface area contributed by atoms with Gasteiger partial charge in [0.1, 0.15) is 13.1 Å². The number of nitrogens with one attached hydrogen (secondary N) is 1. The fourth-order valence-electron chi connectivity index (χ4n) is 2.28. The minimum atomic E-state index is 0.336. The van der Waals surface area contributed by atoms with Gasteiger partial charge < -0.3 is 9.64 Å². The molecule has 0 amide bonds. The Labute approximate surface area is 116 Å². The zero-order valence-electron chi connectivity index (χ0n) is 11.6. The highest BCUT2D eigenvalue weighted by atomic mass is 16.5. The van der Waals surface area contributed by atoms with Gasteiger partial charge in [-0.3, -0.25) is 0 Å². The van der Waals surface area contributed by atoms with Gasteiger partial charge in [0.25, 0.3) is 0 Å². The van der Waals surface area contributed by atoms with Gasteiger partial charge in [0.15, 0.2) is 6.04 Å². The van der Waals surface area contributed by atoms with Crippen molar-refractivity contribution in [3.63, 3.8) is 0 Å². The van der Waals surface area contributed by atoms with Gasteiger partial charge in [-0.05, 0) is 25.0 Å². The predicted molar refractivity (Wildman–Crippen MR) is 78.2 cm³/mol. The van der Waals surface area contributed by atoms with Crippen LogP contribution in [0.1, 0.15) is 17.5 Å². The Morgan fingerprint density at radius 3 is 2.63 bits per heavy atom. The van der Waals surface area contributed by atoms with Gasteiger partial charge in [0, 0.05) is 12.0 Å². The minimum Gasteiger partial charge on any atom is -0.370 e. The summed E-state index contributed by atoms with van der Waals surface area (Å²) in [6.07, 6.45) is 2.91. The topological polar surface area (TPSA) is 13.7 Å². The summed E-state index contributed by atoms with van der Waals surface area (Å²) in [6, 6.07) is 8.72. The summed E-state index contributed by atoms with van der Waals surface area (Å²) in [5.74, 6) is 6.71. The molecule has 19 heavy (non-hydrogen) atoms. The van der Waals surface area contributed by atoms with Crippen molar-refractivity contribution in [3.05, 3.63) is 48.0 Å². The predicted octanol–water partition coefficient (Wildman–Crippen LogP) is 1.21. The molecule has 100 valence electrons. The van der Waals surface area contributed by atoms with Gasteiger partial charge in [-0.2, -0.15) is 0 Å². The Morgan fingerprint density at radius 1 is 1.32 bits per heavy atom. The van der Waals surface area contributed by atoms with Gasteiger partial charge in [0.05, 0.1) is 13.2 Å². The number of aryl methyl sites for hydroxylation is 1. The average Bonchev–Trinajstić information content (AvgIpc) is 2.46. The summed E-state index contributed by atoms with van der Waals surface area (Å²) in [5.41, 5.74) is 2.36. The van der Waals surface area contributed by atoms with E-state index >= 15 is 0 Å². The molecule has 1 aliphatic rings. The molecule has 1 aromatic rings. The van der Waals surface area contributed by atoms with Crippen molar-refractivity contribution >= 4 is 0 Å². The first kappa shape index (κ1) is 13.9. The average molecular weight is 256 g/mol. The maximum atomic E-state index is 5.41. The fourth-order valence-corrected chi connectivity index (χ4v) is 2.28. The van der Waals surface area contributed by atoms with E-state index in [-0.39, 0.29) is 0 Å². The zero-order valence-corrected chi connectivity index (χ0v) is 11.6. The summed E-state index contributed by atoms with van der Waals surface area (Å²) in [5, 5.41) is 0. The molecule has 1 aliphatic heterocycles. The summed E-state index contributed by atoms with van der Waals surface area (Å²) in [4.78, 5) is 1.52. The molecule has 0 spiro atoms. The summed E-state index contributed by atoms with van der Waals surface area (Å²) in [7, 11) is 0. The van der Waals surface area contributed by atoms with Crippen LogP contribution in [-0.4, -0.2) is 32.3 Å². The van der Waals surface area contributed by atoms with Crippen molar-refractivity contribution in [2.45, 2.75) is 19.4 Å². The first-order chi connectivity index (χ1) is 9.29. The van der Waals surface area contributed by atoms with Crippen molar-refractivity contribution in [1.29, 1.82) is 0 Å². The molecule has 2 rings (SSSR count). The van der Waals surface area contributed by atoms with Crippen LogP contribution in [0.4, 0.5) is 0 Å². The normalized spacial score (nSPS) is 17.3. The molecule has 1 saturated heterocycles. The summed E-state index contributed by atoms with van der Waals surface area (Å²) < 4.78 is 5.41. The molecule has 0 saturated carbocycles. The van der Waals surface area contributed by atoms with E-state index in [0.29, 0.717) is 6.04 Å². The quantitative estimate of drug-likeness (QED) is 0.634. The number of hydrogen-bond acceptors (Lipinski definition) is 1. The van der Waals surface area contributed by atoms with Crippen LogP contribution in [-0.2, 0) is 4.74 Å². The number of rotatable bonds is 3. The van der Waals surface area contributed by atoms with Crippen molar-refractivity contribution < 1.29 is 9.64 Å². The van der Waals surface area contributed by atoms with Crippen LogP contribution < -0.4 is 4.90 Å². The third-order valence-electron chi connectivity index (χ3n) is 3.47. The van der Waals surface area contributed by atoms with E-state index in [4.69, 9.17) is 4.74 Å². The van der Waals surface area contributed by atoms with E-state index in [1.54, 1.807) is 0 Å². The van der Waals surface area contributed by atoms with E-state index in [2.05, 4.69) is 49.6 Å². The zero-order chi connectivity index (χ0) is 13.5. The SMILES string of the molecule is C=CCC(C#Cc1ccc(C)cc1)[NH+]1CCOCC1. The Morgan fingerprint density at radius 2 is 2.00 bits per heavy atom. The maximum Gasteiger partial charge on any atom is 0.153 e. The smallest absolute Gasteiger partial charge is 0.153 e. The summed E-state index contributed by atoms with van der Waals surface area (Å²) >= 11 is 0. The lowest BCUT2D eigenvalue weighted by Crippen LogP contribution is -3.17. The van der Waals surface area contributed by atoms with Crippen LogP contribution in [0.15, 0.2) is 36.9 Å². The molecule has 0 aliphatic carbocycles. The van der Waals surface area contributed by atoms with E-state index in [1.165, 1.54) is 10.5 Å². The second-order valence-electron chi connectivity index (χ2n) is 4.98. The third-order valence-corrected chi connectivity index (χ3v) is 3.47. The first-order valence-electron chi connectivity index (χ1n) is 6.91. The highest BCUT2D eigenvalue weighted by Crippen LogP contribution is 2.01. The molecule has 0 radical (unpaired) electrons. The van der Waals surface area contributed by atoms with Crippen LogP contribution in [0.3, 0.4) is 0 Å². The lowest BCUT2D eigenvalue weighted by atomic mass is 10.1. The molecule has 1 aromatic carbocycles. The lowest BCUT2D eigenvalue weighted by Gasteiger charge is -2.27. The Hall–Kier alpha value is -1.56. The molecule has 0 aromatic heterocycles. The van der Waals surface area contributed by atoms with Crippen LogP contribution >= 0.6 is 0 Å². The second kappa shape index (κ2) is 7.13. The molecule has 1 N–H and O–H groups in total. The highest BCUT2D eigenvalue weighted by Gasteiger charge is 2.21. The van der Waals surface area contributed by atoms with Crippen LogP contribution in [0.2, 0.25) is 0 Å². The summed E-state index contributed by atoms with van der Waals surface area (Å²) in [6.45, 7) is 9.71. The lowest BCUT2D eigenvalue weighted by molar-refractivity contribution is -0.924. The Kier molecular flexibility index (Phi) is 5.20. The monoisotopic (exact) mass is 256 g/mol. The van der Waals surface area contributed by atoms with Crippen LogP contribution in [0.25, 0.3) is 0 Å². The van der Waals surface area contributed by atoms with Gasteiger partial charge in [-0.15, -0.1) is 6.58 Å². The number of benzene rings is 1. The van der Waals surface area contributed by atoms with Gasteiger partial charge in [0.2, 0.25) is 0 Å². The molecular weight excluding hydrogens is 234 g/mol. The number of morpholine rings is 1. The van der Waals surface area contributed by atoms with Crippen LogP contribution in [0.5, 0.6) is 0 Å². The number of ether oxygens (including phenoxy) is 1. The number of hydrogen-bond donors (Lipinski definition) is 1. The second-order valence-corrected chi connectivity index (χ2v) is 4.98. The largest absolute Gasteiger partial charge is 0.370 e. The molecule has 0 bridgehead atoms. The van der Waals surface area contributed by atoms with E-state index < -0.39 is 0 Å². The first-order valence-corrected chi connectivity index (χ1v) is 6.91. The van der Waals surface area contributed by atoms with E-state index in [0.717, 1.165) is 38.3 Å².